The van der Waals surface area contributed by atoms with Crippen LogP contribution in [0, 0.1) is 0 Å². The summed E-state index contributed by atoms with van der Waals surface area (Å²) in [5.74, 6) is 0.967. The average molecular weight is 266 g/mol. The third kappa shape index (κ3) is 2.26. The van der Waals surface area contributed by atoms with E-state index in [4.69, 9.17) is 18.9 Å². The maximum Gasteiger partial charge on any atom is 0.321 e. The van der Waals surface area contributed by atoms with E-state index >= 15 is 0 Å². The number of hydrogen-bond acceptors (Lipinski definition) is 5. The summed E-state index contributed by atoms with van der Waals surface area (Å²) in [6, 6.07) is 5.44. The molecule has 0 aromatic heterocycles. The van der Waals surface area contributed by atoms with Crippen molar-refractivity contribution in [2.45, 2.75) is 12.3 Å². The lowest BCUT2D eigenvalue weighted by molar-refractivity contribution is -0.169. The molecule has 0 aliphatic carbocycles. The molecular weight excluding hydrogens is 248 g/mol. The fraction of sp³-hybridized carbons (Fsp3) is 0.500. The molecule has 1 heterocycles. The summed E-state index contributed by atoms with van der Waals surface area (Å²) in [5.41, 5.74) is 0.116. The fourth-order valence-corrected chi connectivity index (χ4v) is 2.11. The van der Waals surface area contributed by atoms with Gasteiger partial charge in [-0.3, -0.25) is 4.79 Å². The van der Waals surface area contributed by atoms with Gasteiger partial charge in [0, 0.05) is 0 Å². The number of methoxy groups -OCH3 is 2. The van der Waals surface area contributed by atoms with Gasteiger partial charge >= 0.3 is 5.97 Å². The molecule has 5 heteroatoms. The molecule has 1 aromatic carbocycles. The first kappa shape index (κ1) is 13.7. The molecule has 0 spiro atoms. The predicted octanol–water partition coefficient (Wildman–Crippen LogP) is 1.53. The zero-order valence-electron chi connectivity index (χ0n) is 11.4. The van der Waals surface area contributed by atoms with Crippen LogP contribution in [0.3, 0.4) is 0 Å². The second-order valence-corrected chi connectivity index (χ2v) is 4.37. The van der Waals surface area contributed by atoms with Gasteiger partial charge in [-0.1, -0.05) is 6.07 Å². The van der Waals surface area contributed by atoms with Crippen LogP contribution in [0.1, 0.15) is 12.5 Å². The maximum atomic E-state index is 12.1. The Morgan fingerprint density at radius 2 is 1.95 bits per heavy atom. The summed E-state index contributed by atoms with van der Waals surface area (Å²) in [7, 11) is 3.14. The second kappa shape index (κ2) is 5.48. The van der Waals surface area contributed by atoms with Gasteiger partial charge in [-0.25, -0.2) is 0 Å². The predicted molar refractivity (Wildman–Crippen MR) is 68.7 cm³/mol. The minimum absolute atomic E-state index is 0.256. The molecule has 19 heavy (non-hydrogen) atoms. The molecule has 1 aliphatic heterocycles. The van der Waals surface area contributed by atoms with E-state index in [0.29, 0.717) is 31.3 Å². The van der Waals surface area contributed by atoms with Crippen molar-refractivity contribution < 1.29 is 23.7 Å². The molecule has 0 N–H and O–H groups in total. The molecular formula is C14H18O5. The Hall–Kier alpha value is -1.75. The van der Waals surface area contributed by atoms with E-state index in [2.05, 4.69) is 0 Å². The van der Waals surface area contributed by atoms with Gasteiger partial charge in [-0.15, -0.1) is 0 Å². The molecule has 0 amide bonds. The standard InChI is InChI=1S/C14H18O5/c1-4-19-13(15)14(8-18-9-14)10-5-6-11(16-2)12(7-10)17-3/h5-7H,4,8-9H2,1-3H3. The summed E-state index contributed by atoms with van der Waals surface area (Å²) >= 11 is 0. The summed E-state index contributed by atoms with van der Waals surface area (Å²) in [6.45, 7) is 2.82. The smallest absolute Gasteiger partial charge is 0.321 e. The van der Waals surface area contributed by atoms with Crippen LogP contribution < -0.4 is 9.47 Å². The number of rotatable bonds is 5. The highest BCUT2D eigenvalue weighted by Crippen LogP contribution is 2.38. The van der Waals surface area contributed by atoms with Gasteiger partial charge in [-0.2, -0.15) is 0 Å². The Morgan fingerprint density at radius 1 is 1.26 bits per heavy atom. The quantitative estimate of drug-likeness (QED) is 0.757. The van der Waals surface area contributed by atoms with Gasteiger partial charge in [0.1, 0.15) is 5.41 Å². The van der Waals surface area contributed by atoms with E-state index in [1.54, 1.807) is 33.3 Å². The minimum Gasteiger partial charge on any atom is -0.493 e. The zero-order valence-corrected chi connectivity index (χ0v) is 11.4. The van der Waals surface area contributed by atoms with Gasteiger partial charge in [0.15, 0.2) is 11.5 Å². The number of carbonyl (C=O) groups is 1. The largest absolute Gasteiger partial charge is 0.493 e. The van der Waals surface area contributed by atoms with Crippen LogP contribution in [0.2, 0.25) is 0 Å². The second-order valence-electron chi connectivity index (χ2n) is 4.37. The summed E-state index contributed by atoms with van der Waals surface area (Å²) in [5, 5.41) is 0. The first-order valence-electron chi connectivity index (χ1n) is 6.15. The van der Waals surface area contributed by atoms with Crippen LogP contribution in [0.15, 0.2) is 18.2 Å². The van der Waals surface area contributed by atoms with Crippen LogP contribution >= 0.6 is 0 Å². The highest BCUT2D eigenvalue weighted by molar-refractivity contribution is 5.85. The van der Waals surface area contributed by atoms with Gasteiger partial charge in [-0.05, 0) is 24.6 Å². The molecule has 1 aromatic rings. The molecule has 1 aliphatic rings. The van der Waals surface area contributed by atoms with E-state index in [0.717, 1.165) is 5.56 Å². The number of esters is 1. The monoisotopic (exact) mass is 266 g/mol. The van der Waals surface area contributed by atoms with Crippen LogP contribution in [0.25, 0.3) is 0 Å². The third-order valence-corrected chi connectivity index (χ3v) is 3.30. The number of ether oxygens (including phenoxy) is 4. The molecule has 1 saturated heterocycles. The Labute approximate surface area is 112 Å². The van der Waals surface area contributed by atoms with Crippen molar-refractivity contribution in [1.29, 1.82) is 0 Å². The van der Waals surface area contributed by atoms with Crippen molar-refractivity contribution in [2.24, 2.45) is 0 Å². The van der Waals surface area contributed by atoms with Gasteiger partial charge in [0.2, 0.25) is 0 Å². The van der Waals surface area contributed by atoms with Gasteiger partial charge < -0.3 is 18.9 Å². The molecule has 0 bridgehead atoms. The van der Waals surface area contributed by atoms with Crippen LogP contribution in [0.4, 0.5) is 0 Å². The summed E-state index contributed by atoms with van der Waals surface area (Å²) in [6.07, 6.45) is 0. The van der Waals surface area contributed by atoms with Crippen LogP contribution in [-0.4, -0.2) is 40.0 Å². The highest BCUT2D eigenvalue weighted by atomic mass is 16.6. The third-order valence-electron chi connectivity index (χ3n) is 3.30. The number of carbonyl (C=O) groups excluding carboxylic acids is 1. The Morgan fingerprint density at radius 3 is 2.42 bits per heavy atom. The lowest BCUT2D eigenvalue weighted by Crippen LogP contribution is -2.53. The van der Waals surface area contributed by atoms with Crippen LogP contribution in [0.5, 0.6) is 11.5 Å². The van der Waals surface area contributed by atoms with Crippen molar-refractivity contribution in [3.8, 4) is 11.5 Å². The summed E-state index contributed by atoms with van der Waals surface area (Å²) < 4.78 is 20.8. The Kier molecular flexibility index (Phi) is 3.95. The van der Waals surface area contributed by atoms with Gasteiger partial charge in [0.05, 0.1) is 34.0 Å². The van der Waals surface area contributed by atoms with Gasteiger partial charge in [0.25, 0.3) is 0 Å². The molecule has 104 valence electrons. The van der Waals surface area contributed by atoms with Crippen molar-refractivity contribution in [2.75, 3.05) is 34.0 Å². The van der Waals surface area contributed by atoms with E-state index in [1.165, 1.54) is 0 Å². The highest BCUT2D eigenvalue weighted by Gasteiger charge is 2.49. The number of hydrogen-bond donors (Lipinski definition) is 0. The topological polar surface area (TPSA) is 54.0 Å². The fourth-order valence-electron chi connectivity index (χ4n) is 2.11. The van der Waals surface area contributed by atoms with E-state index < -0.39 is 5.41 Å². The maximum absolute atomic E-state index is 12.1. The first-order valence-corrected chi connectivity index (χ1v) is 6.15. The SMILES string of the molecule is CCOC(=O)C1(c2ccc(OC)c(OC)c2)COC1. The molecule has 0 radical (unpaired) electrons. The molecule has 1 fully saturated rings. The summed E-state index contributed by atoms with van der Waals surface area (Å²) in [4.78, 5) is 12.1. The lowest BCUT2D eigenvalue weighted by atomic mass is 9.78. The molecule has 0 atom stereocenters. The zero-order chi connectivity index (χ0) is 13.9. The molecule has 5 nitrogen and oxygen atoms in total. The van der Waals surface area contributed by atoms with E-state index in [1.807, 2.05) is 6.07 Å². The average Bonchev–Trinajstić information content (AvgIpc) is 2.37. The van der Waals surface area contributed by atoms with Crippen molar-refractivity contribution in [1.82, 2.24) is 0 Å². The lowest BCUT2D eigenvalue weighted by Gasteiger charge is -2.39. The van der Waals surface area contributed by atoms with E-state index in [9.17, 15) is 4.79 Å². The van der Waals surface area contributed by atoms with Crippen molar-refractivity contribution >= 4 is 5.97 Å². The molecule has 0 saturated carbocycles. The Balaban J connectivity index is 2.36. The van der Waals surface area contributed by atoms with Crippen molar-refractivity contribution in [3.63, 3.8) is 0 Å². The molecule has 0 unspecified atom stereocenters. The molecule has 2 rings (SSSR count). The van der Waals surface area contributed by atoms with Crippen molar-refractivity contribution in [3.05, 3.63) is 23.8 Å². The van der Waals surface area contributed by atoms with E-state index in [-0.39, 0.29) is 5.97 Å². The first-order chi connectivity index (χ1) is 9.17. The minimum atomic E-state index is -0.713. The van der Waals surface area contributed by atoms with Crippen LogP contribution in [-0.2, 0) is 19.7 Å². The number of benzene rings is 1. The Bertz CT molecular complexity index is 465. The normalized spacial score (nSPS) is 16.4.